The minimum atomic E-state index is -0.807. The topological polar surface area (TPSA) is 83.8 Å². The number of carbonyl (C=O) groups excluding carboxylic acids is 1. The SMILES string of the molecule is COC12CCC(O)C(C#CC(=O)CC3C4CCCC43)C1C(C)C2=CCCC(=O)O. The third-order valence-corrected chi connectivity index (χ3v) is 8.14. The summed E-state index contributed by atoms with van der Waals surface area (Å²) in [4.78, 5) is 23.3. The first-order chi connectivity index (χ1) is 13.9. The molecule has 0 saturated heterocycles. The van der Waals surface area contributed by atoms with Gasteiger partial charge in [0, 0.05) is 25.9 Å². The number of aliphatic hydroxyl groups is 1. The third-order valence-electron chi connectivity index (χ3n) is 8.14. The lowest BCUT2D eigenvalue weighted by Crippen LogP contribution is -2.64. The molecule has 7 unspecified atom stereocenters. The Balaban J connectivity index is 1.45. The molecule has 0 aliphatic heterocycles. The average molecular weight is 401 g/mol. The molecule has 0 aromatic carbocycles. The summed E-state index contributed by atoms with van der Waals surface area (Å²) in [7, 11) is 1.68. The first-order valence-electron chi connectivity index (χ1n) is 11.1. The van der Waals surface area contributed by atoms with Crippen LogP contribution in [0.15, 0.2) is 11.6 Å². The number of rotatable bonds is 6. The number of methoxy groups -OCH3 is 1. The minimum Gasteiger partial charge on any atom is -0.481 e. The number of allylic oxidation sites excluding steroid dienone is 1. The van der Waals surface area contributed by atoms with Gasteiger partial charge in [-0.3, -0.25) is 9.59 Å². The van der Waals surface area contributed by atoms with E-state index in [2.05, 4.69) is 18.8 Å². The molecular formula is C24H32O5. The molecule has 0 aromatic heterocycles. The Labute approximate surface area is 172 Å². The van der Waals surface area contributed by atoms with E-state index in [4.69, 9.17) is 9.84 Å². The van der Waals surface area contributed by atoms with Crippen LogP contribution in [0.3, 0.4) is 0 Å². The van der Waals surface area contributed by atoms with Crippen LogP contribution >= 0.6 is 0 Å². The number of aliphatic hydroxyl groups excluding tert-OH is 1. The second-order valence-corrected chi connectivity index (χ2v) is 9.45. The van der Waals surface area contributed by atoms with Gasteiger partial charge in [0.25, 0.3) is 0 Å². The van der Waals surface area contributed by atoms with E-state index < -0.39 is 17.7 Å². The second kappa shape index (κ2) is 7.89. The van der Waals surface area contributed by atoms with E-state index in [1.807, 2.05) is 6.08 Å². The molecule has 4 aliphatic carbocycles. The van der Waals surface area contributed by atoms with Crippen LogP contribution in [0.2, 0.25) is 0 Å². The van der Waals surface area contributed by atoms with E-state index in [0.29, 0.717) is 31.6 Å². The molecule has 4 saturated carbocycles. The molecule has 0 aromatic rings. The quantitative estimate of drug-likeness (QED) is 0.406. The van der Waals surface area contributed by atoms with Crippen LogP contribution in [0.4, 0.5) is 0 Å². The fourth-order valence-electron chi connectivity index (χ4n) is 6.73. The molecule has 4 rings (SSSR count). The number of carboxylic acids is 1. The summed E-state index contributed by atoms with van der Waals surface area (Å²) in [5, 5.41) is 19.5. The molecule has 5 nitrogen and oxygen atoms in total. The van der Waals surface area contributed by atoms with Crippen LogP contribution in [0, 0.1) is 47.3 Å². The van der Waals surface area contributed by atoms with Crippen molar-refractivity contribution in [3.63, 3.8) is 0 Å². The fraction of sp³-hybridized carbons (Fsp3) is 0.750. The zero-order valence-electron chi connectivity index (χ0n) is 17.4. The van der Waals surface area contributed by atoms with Crippen molar-refractivity contribution in [1.29, 1.82) is 0 Å². The van der Waals surface area contributed by atoms with Crippen LogP contribution in [0.5, 0.6) is 0 Å². The number of hydrogen-bond acceptors (Lipinski definition) is 4. The Kier molecular flexibility index (Phi) is 5.61. The zero-order chi connectivity index (χ0) is 20.8. The summed E-state index contributed by atoms with van der Waals surface area (Å²) in [6, 6.07) is 0. The van der Waals surface area contributed by atoms with Gasteiger partial charge < -0.3 is 14.9 Å². The van der Waals surface area contributed by atoms with Gasteiger partial charge in [-0.2, -0.15) is 0 Å². The van der Waals surface area contributed by atoms with Crippen LogP contribution in [0.1, 0.15) is 58.3 Å². The normalized spacial score (nSPS) is 43.6. The van der Waals surface area contributed by atoms with Crippen molar-refractivity contribution in [2.75, 3.05) is 7.11 Å². The Bertz CT molecular complexity index is 764. The molecule has 158 valence electrons. The molecule has 0 radical (unpaired) electrons. The lowest BCUT2D eigenvalue weighted by molar-refractivity contribution is -0.162. The largest absolute Gasteiger partial charge is 0.481 e. The molecule has 4 fully saturated rings. The predicted octanol–water partition coefficient (Wildman–Crippen LogP) is 3.21. The summed E-state index contributed by atoms with van der Waals surface area (Å²) in [6.45, 7) is 2.09. The highest BCUT2D eigenvalue weighted by Gasteiger charge is 2.62. The van der Waals surface area contributed by atoms with Gasteiger partial charge in [0.15, 0.2) is 0 Å². The number of ether oxygens (including phenoxy) is 1. The number of carboxylic acid groups (broad SMARTS) is 1. The number of ketones is 1. The minimum absolute atomic E-state index is 0.00869. The maximum absolute atomic E-state index is 12.4. The highest BCUT2D eigenvalue weighted by atomic mass is 16.5. The van der Waals surface area contributed by atoms with Crippen molar-refractivity contribution in [3.8, 4) is 11.8 Å². The molecule has 0 heterocycles. The maximum atomic E-state index is 12.4. The third kappa shape index (κ3) is 3.55. The molecule has 2 N–H and O–H groups in total. The Morgan fingerprint density at radius 3 is 2.66 bits per heavy atom. The average Bonchev–Trinajstić information content (AvgIpc) is 3.10. The molecular weight excluding hydrogens is 368 g/mol. The summed E-state index contributed by atoms with van der Waals surface area (Å²) in [6.07, 6.45) is 7.73. The van der Waals surface area contributed by atoms with Crippen molar-refractivity contribution in [2.24, 2.45) is 35.5 Å². The smallest absolute Gasteiger partial charge is 0.303 e. The van der Waals surface area contributed by atoms with E-state index in [1.165, 1.54) is 19.3 Å². The van der Waals surface area contributed by atoms with Gasteiger partial charge in [-0.15, -0.1) is 0 Å². The van der Waals surface area contributed by atoms with E-state index in [-0.39, 0.29) is 30.0 Å². The first kappa shape index (κ1) is 20.6. The Morgan fingerprint density at radius 1 is 1.28 bits per heavy atom. The number of aliphatic carboxylic acids is 1. The lowest BCUT2D eigenvalue weighted by Gasteiger charge is -2.61. The highest BCUT2D eigenvalue weighted by molar-refractivity contribution is 5.95. The van der Waals surface area contributed by atoms with Crippen LogP contribution in [-0.2, 0) is 14.3 Å². The number of hydrogen-bond donors (Lipinski definition) is 2. The van der Waals surface area contributed by atoms with E-state index in [0.717, 1.165) is 17.4 Å². The standard InChI is InChI=1S/C24H32O5/c1-14-20(7-4-8-22(27)28)24(29-2)12-11-21(26)18(23(14)24)10-9-15(25)13-19-16-5-3-6-17(16)19/h7,14,16-19,21,23,26H,3-6,8,11-13H2,1-2H3,(H,27,28). The molecule has 0 spiro atoms. The summed E-state index contributed by atoms with van der Waals surface area (Å²) < 4.78 is 5.95. The van der Waals surface area contributed by atoms with Gasteiger partial charge in [0.05, 0.1) is 17.6 Å². The number of fused-ring (bicyclic) bond motifs is 2. The Hall–Kier alpha value is -1.64. The maximum Gasteiger partial charge on any atom is 0.303 e. The molecule has 4 aliphatic rings. The molecule has 5 heteroatoms. The monoisotopic (exact) mass is 400 g/mol. The van der Waals surface area contributed by atoms with E-state index >= 15 is 0 Å². The molecule has 29 heavy (non-hydrogen) atoms. The predicted molar refractivity (Wildman–Crippen MR) is 108 cm³/mol. The molecule has 0 amide bonds. The van der Waals surface area contributed by atoms with E-state index in [9.17, 15) is 14.7 Å². The van der Waals surface area contributed by atoms with Gasteiger partial charge in [-0.05, 0) is 67.3 Å². The number of carbonyl (C=O) groups is 2. The van der Waals surface area contributed by atoms with Gasteiger partial charge in [-0.25, -0.2) is 0 Å². The van der Waals surface area contributed by atoms with Crippen LogP contribution < -0.4 is 0 Å². The van der Waals surface area contributed by atoms with Crippen molar-refractivity contribution < 1.29 is 24.5 Å². The Morgan fingerprint density at radius 2 is 2.00 bits per heavy atom. The highest BCUT2D eigenvalue weighted by Crippen LogP contribution is 2.60. The van der Waals surface area contributed by atoms with Crippen molar-refractivity contribution in [1.82, 2.24) is 0 Å². The van der Waals surface area contributed by atoms with E-state index in [1.54, 1.807) is 7.11 Å². The first-order valence-corrected chi connectivity index (χ1v) is 11.1. The van der Waals surface area contributed by atoms with Gasteiger partial charge in [-0.1, -0.05) is 25.3 Å². The van der Waals surface area contributed by atoms with Gasteiger partial charge in [0.2, 0.25) is 5.78 Å². The van der Waals surface area contributed by atoms with Crippen LogP contribution in [0.25, 0.3) is 0 Å². The molecule has 7 atom stereocenters. The summed E-state index contributed by atoms with van der Waals surface area (Å²) in [5.41, 5.74) is 0.648. The van der Waals surface area contributed by atoms with Crippen LogP contribution in [-0.4, -0.2) is 40.8 Å². The van der Waals surface area contributed by atoms with Gasteiger partial charge in [0.1, 0.15) is 0 Å². The fourth-order valence-corrected chi connectivity index (χ4v) is 6.73. The van der Waals surface area contributed by atoms with Crippen molar-refractivity contribution in [3.05, 3.63) is 11.6 Å². The van der Waals surface area contributed by atoms with Crippen molar-refractivity contribution >= 4 is 11.8 Å². The van der Waals surface area contributed by atoms with Crippen molar-refractivity contribution in [2.45, 2.75) is 70.0 Å². The molecule has 0 bridgehead atoms. The summed E-state index contributed by atoms with van der Waals surface area (Å²) >= 11 is 0. The summed E-state index contributed by atoms with van der Waals surface area (Å²) in [5.74, 6) is 7.18. The number of Topliss-reactive ketones (excluding diaryl/α,β-unsaturated/α-hetero) is 1. The van der Waals surface area contributed by atoms with Gasteiger partial charge >= 0.3 is 5.97 Å². The zero-order valence-corrected chi connectivity index (χ0v) is 17.4. The lowest BCUT2D eigenvalue weighted by atomic mass is 9.48. The second-order valence-electron chi connectivity index (χ2n) is 9.45.